The van der Waals surface area contributed by atoms with Crippen molar-refractivity contribution in [3.05, 3.63) is 78.0 Å². The Balaban J connectivity index is 1.67. The van der Waals surface area contributed by atoms with Crippen molar-refractivity contribution < 1.29 is 10.4 Å². The number of rotatable bonds is 2. The van der Waals surface area contributed by atoms with E-state index in [4.69, 9.17) is 5.79 Å². The van der Waals surface area contributed by atoms with Gasteiger partial charge in [-0.1, -0.05) is 55.3 Å². The lowest BCUT2D eigenvalue weighted by atomic mass is 9.94. The Hall–Kier alpha value is -3.13. The van der Waals surface area contributed by atoms with Gasteiger partial charge in [-0.25, -0.2) is 4.57 Å². The van der Waals surface area contributed by atoms with Crippen molar-refractivity contribution in [1.29, 1.82) is 0 Å². The van der Waals surface area contributed by atoms with Crippen LogP contribution in [0.25, 0.3) is 44.0 Å². The van der Waals surface area contributed by atoms with Crippen molar-refractivity contribution in [2.75, 3.05) is 0 Å². The second-order valence-corrected chi connectivity index (χ2v) is 8.62. The van der Waals surface area contributed by atoms with Crippen LogP contribution in [0.3, 0.4) is 0 Å². The predicted octanol–water partition coefficient (Wildman–Crippen LogP) is 7.20. The molecular formula is C28H26NO+. The molecule has 0 amide bonds. The fourth-order valence-electron chi connectivity index (χ4n) is 5.16. The van der Waals surface area contributed by atoms with Gasteiger partial charge in [-0.15, -0.1) is 0 Å². The first kappa shape index (κ1) is 16.6. The summed E-state index contributed by atoms with van der Waals surface area (Å²) in [6.45, 7) is 2.15. The smallest absolute Gasteiger partial charge is 0.216 e. The molecule has 2 heteroatoms. The van der Waals surface area contributed by atoms with Crippen LogP contribution in [0.4, 0.5) is 0 Å². The van der Waals surface area contributed by atoms with E-state index in [1.807, 2.05) is 0 Å². The van der Waals surface area contributed by atoms with E-state index >= 15 is 0 Å². The topological polar surface area (TPSA) is 17.0 Å². The fourth-order valence-corrected chi connectivity index (χ4v) is 5.16. The SMILES string of the molecule is [2H]C1(c2cc[n+](C)c(-c3c(C)ccc4c3oc3ccc5ccccc5c34)c2)CCCC1. The van der Waals surface area contributed by atoms with Crippen molar-refractivity contribution in [2.24, 2.45) is 7.05 Å². The molecule has 0 radical (unpaired) electrons. The zero-order valence-corrected chi connectivity index (χ0v) is 17.5. The predicted molar refractivity (Wildman–Crippen MR) is 124 cm³/mol. The molecule has 6 rings (SSSR count). The molecule has 2 heterocycles. The molecule has 1 saturated carbocycles. The van der Waals surface area contributed by atoms with Crippen LogP contribution in [0, 0.1) is 6.92 Å². The van der Waals surface area contributed by atoms with Crippen LogP contribution in [-0.4, -0.2) is 0 Å². The second kappa shape index (κ2) is 6.70. The zero-order valence-electron chi connectivity index (χ0n) is 18.5. The van der Waals surface area contributed by atoms with E-state index in [0.717, 1.165) is 59.1 Å². The summed E-state index contributed by atoms with van der Waals surface area (Å²) in [4.78, 5) is 0. The third-order valence-electron chi connectivity index (χ3n) is 6.76. The summed E-state index contributed by atoms with van der Waals surface area (Å²) in [7, 11) is 2.08. The van der Waals surface area contributed by atoms with Gasteiger partial charge in [0.25, 0.3) is 0 Å². The highest BCUT2D eigenvalue weighted by molar-refractivity contribution is 6.20. The fraction of sp³-hybridized carbons (Fsp3) is 0.250. The Bertz CT molecular complexity index is 1470. The van der Waals surface area contributed by atoms with Gasteiger partial charge in [0.1, 0.15) is 18.2 Å². The molecule has 0 saturated heterocycles. The summed E-state index contributed by atoms with van der Waals surface area (Å²) in [6.07, 6.45) is 6.28. The molecule has 3 aromatic carbocycles. The highest BCUT2D eigenvalue weighted by atomic mass is 16.3. The van der Waals surface area contributed by atoms with Gasteiger partial charge in [-0.2, -0.15) is 0 Å². The summed E-state index contributed by atoms with van der Waals surface area (Å²) in [5, 5.41) is 4.78. The lowest BCUT2D eigenvalue weighted by Crippen LogP contribution is -2.31. The third kappa shape index (κ3) is 2.60. The number of aromatic nitrogens is 1. The normalized spacial score (nSPS) is 16.5. The van der Waals surface area contributed by atoms with Crippen LogP contribution in [0.1, 0.15) is 44.1 Å². The van der Waals surface area contributed by atoms with Crippen molar-refractivity contribution >= 4 is 32.7 Å². The van der Waals surface area contributed by atoms with Gasteiger partial charge >= 0.3 is 0 Å². The summed E-state index contributed by atoms with van der Waals surface area (Å²) < 4.78 is 17.7. The molecule has 0 atom stereocenters. The van der Waals surface area contributed by atoms with Crippen molar-refractivity contribution in [2.45, 2.75) is 38.5 Å². The Morgan fingerprint density at radius 3 is 2.67 bits per heavy atom. The minimum absolute atomic E-state index is 0.463. The number of benzene rings is 3. The highest BCUT2D eigenvalue weighted by Crippen LogP contribution is 2.41. The first-order valence-electron chi connectivity index (χ1n) is 11.4. The Labute approximate surface area is 178 Å². The number of hydrogen-bond acceptors (Lipinski definition) is 1. The zero-order chi connectivity index (χ0) is 21.2. The van der Waals surface area contributed by atoms with Crippen LogP contribution in [0.15, 0.2) is 71.3 Å². The van der Waals surface area contributed by atoms with Gasteiger partial charge in [0, 0.05) is 24.3 Å². The lowest BCUT2D eigenvalue weighted by molar-refractivity contribution is -0.660. The Morgan fingerprint density at radius 2 is 1.80 bits per heavy atom. The first-order chi connectivity index (χ1) is 15.0. The van der Waals surface area contributed by atoms with Crippen LogP contribution in [0.5, 0.6) is 0 Å². The third-order valence-corrected chi connectivity index (χ3v) is 6.76. The van der Waals surface area contributed by atoms with E-state index in [9.17, 15) is 0 Å². The van der Waals surface area contributed by atoms with Gasteiger partial charge in [0.05, 0.1) is 5.56 Å². The minimum atomic E-state index is -0.463. The van der Waals surface area contributed by atoms with Crippen LogP contribution >= 0.6 is 0 Å². The maximum Gasteiger partial charge on any atom is 0.216 e. The van der Waals surface area contributed by atoms with Gasteiger partial charge < -0.3 is 4.42 Å². The molecule has 1 aliphatic rings. The molecule has 0 bridgehead atoms. The van der Waals surface area contributed by atoms with Gasteiger partial charge in [-0.05, 0) is 53.6 Å². The van der Waals surface area contributed by atoms with Gasteiger partial charge in [0.15, 0.2) is 6.20 Å². The summed E-state index contributed by atoms with van der Waals surface area (Å²) >= 11 is 0. The first-order valence-corrected chi connectivity index (χ1v) is 10.9. The summed E-state index contributed by atoms with van der Waals surface area (Å²) in [5.74, 6) is -0.463. The van der Waals surface area contributed by atoms with E-state index in [1.165, 1.54) is 21.7 Å². The maximum absolute atomic E-state index is 9.01. The summed E-state index contributed by atoms with van der Waals surface area (Å²) in [5.41, 5.74) is 6.41. The largest absolute Gasteiger partial charge is 0.455 e. The number of pyridine rings is 1. The van der Waals surface area contributed by atoms with Crippen molar-refractivity contribution in [1.82, 2.24) is 0 Å². The molecule has 2 aromatic heterocycles. The average Bonchev–Trinajstić information content (AvgIpc) is 3.39. The number of fused-ring (bicyclic) bond motifs is 5. The van der Waals surface area contributed by atoms with E-state index < -0.39 is 5.89 Å². The lowest BCUT2D eigenvalue weighted by Gasteiger charge is -2.11. The molecular weight excluding hydrogens is 366 g/mol. The molecule has 2 nitrogen and oxygen atoms in total. The molecule has 5 aromatic rings. The average molecular weight is 394 g/mol. The molecule has 30 heavy (non-hydrogen) atoms. The van der Waals surface area contributed by atoms with Crippen LogP contribution in [0.2, 0.25) is 0 Å². The van der Waals surface area contributed by atoms with Crippen LogP contribution in [-0.2, 0) is 7.05 Å². The standard InChI is InChI=1S/C28H26NO/c1-18-11-13-23-27-22-10-6-5-9-20(22)12-14-25(27)30-28(23)26(18)24-17-21(15-16-29(24)2)19-7-3-4-8-19/h5-6,9-17,19H,3-4,7-8H2,1-2H3/q+1/i19D. The molecule has 148 valence electrons. The van der Waals surface area contributed by atoms with Gasteiger partial charge in [0.2, 0.25) is 5.69 Å². The molecule has 1 fully saturated rings. The van der Waals surface area contributed by atoms with Gasteiger partial charge in [-0.3, -0.25) is 0 Å². The maximum atomic E-state index is 9.01. The minimum Gasteiger partial charge on any atom is -0.455 e. The van der Waals surface area contributed by atoms with E-state index in [2.05, 4.69) is 85.4 Å². The number of nitrogens with zero attached hydrogens (tertiary/aromatic N) is 1. The summed E-state index contributed by atoms with van der Waals surface area (Å²) in [6, 6.07) is 21.5. The second-order valence-electron chi connectivity index (χ2n) is 8.62. The molecule has 1 aliphatic carbocycles. The van der Waals surface area contributed by atoms with E-state index in [0.29, 0.717) is 0 Å². The number of furan rings is 1. The number of aryl methyl sites for hydroxylation is 2. The molecule has 0 aliphatic heterocycles. The molecule has 0 spiro atoms. The van der Waals surface area contributed by atoms with Crippen molar-refractivity contribution in [3.8, 4) is 11.3 Å². The number of hydrogen-bond donors (Lipinski definition) is 0. The van der Waals surface area contributed by atoms with Crippen LogP contribution < -0.4 is 4.57 Å². The Morgan fingerprint density at radius 1 is 0.967 bits per heavy atom. The van der Waals surface area contributed by atoms with E-state index in [1.54, 1.807) is 0 Å². The molecule has 0 unspecified atom stereocenters. The quantitative estimate of drug-likeness (QED) is 0.290. The molecule has 0 N–H and O–H groups in total. The highest BCUT2D eigenvalue weighted by Gasteiger charge is 2.24. The Kier molecular flexibility index (Phi) is 3.72. The monoisotopic (exact) mass is 393 g/mol. The van der Waals surface area contributed by atoms with Crippen molar-refractivity contribution in [3.63, 3.8) is 0 Å². The van der Waals surface area contributed by atoms with E-state index in [-0.39, 0.29) is 0 Å².